The zero-order valence-electron chi connectivity index (χ0n) is 16.5. The predicted octanol–water partition coefficient (Wildman–Crippen LogP) is 3.03. The molecule has 2 saturated heterocycles. The second-order valence-electron chi connectivity index (χ2n) is 7.97. The molecule has 2 fully saturated rings. The number of amides is 1. The standard InChI is InChI=1S/C22H23N5O2/c1-14-5-3-4-6-17(14)21-18-13-26(20-10-23-7-8-24-20)11-16(18)12-27(21)22(28)19-9-15(2)29-25-19/h3-10,16,18,21H,11-13H2,1-2H3/t16-,18-,21+/m0/s1. The molecule has 0 N–H and O–H groups in total. The molecule has 4 heterocycles. The van der Waals surface area contributed by atoms with Crippen molar-refractivity contribution < 1.29 is 9.32 Å². The number of rotatable bonds is 3. The highest BCUT2D eigenvalue weighted by Gasteiger charge is 2.50. The number of hydrogen-bond acceptors (Lipinski definition) is 6. The van der Waals surface area contributed by atoms with Crippen molar-refractivity contribution in [3.05, 3.63) is 71.5 Å². The summed E-state index contributed by atoms with van der Waals surface area (Å²) < 4.78 is 5.16. The first-order chi connectivity index (χ1) is 14.1. The normalized spacial score (nSPS) is 23.4. The Labute approximate surface area is 169 Å². The molecule has 1 aromatic carbocycles. The minimum absolute atomic E-state index is 0.00683. The fraction of sp³-hybridized carbons (Fsp3) is 0.364. The van der Waals surface area contributed by atoms with E-state index in [1.807, 2.05) is 23.2 Å². The van der Waals surface area contributed by atoms with Gasteiger partial charge in [-0.25, -0.2) is 4.98 Å². The number of carbonyl (C=O) groups excluding carboxylic acids is 1. The van der Waals surface area contributed by atoms with Gasteiger partial charge in [0.1, 0.15) is 11.6 Å². The molecule has 2 aliphatic heterocycles. The summed E-state index contributed by atoms with van der Waals surface area (Å²) in [4.78, 5) is 26.3. The lowest BCUT2D eigenvalue weighted by Crippen LogP contribution is -2.36. The third kappa shape index (κ3) is 3.06. The number of aryl methyl sites for hydroxylation is 2. The number of anilines is 1. The molecule has 0 radical (unpaired) electrons. The van der Waals surface area contributed by atoms with E-state index in [1.54, 1.807) is 25.4 Å². The largest absolute Gasteiger partial charge is 0.361 e. The molecule has 3 aromatic rings. The average Bonchev–Trinajstić information content (AvgIpc) is 3.43. The topological polar surface area (TPSA) is 75.4 Å². The Morgan fingerprint density at radius 1 is 1.14 bits per heavy atom. The van der Waals surface area contributed by atoms with E-state index < -0.39 is 0 Å². The third-order valence-electron chi connectivity index (χ3n) is 6.15. The van der Waals surface area contributed by atoms with Gasteiger partial charge >= 0.3 is 0 Å². The van der Waals surface area contributed by atoms with E-state index in [2.05, 4.69) is 39.1 Å². The Balaban J connectivity index is 1.50. The molecule has 148 valence electrons. The van der Waals surface area contributed by atoms with E-state index in [-0.39, 0.29) is 11.9 Å². The quantitative estimate of drug-likeness (QED) is 0.685. The van der Waals surface area contributed by atoms with Gasteiger partial charge in [-0.1, -0.05) is 29.4 Å². The van der Waals surface area contributed by atoms with Crippen LogP contribution < -0.4 is 4.90 Å². The van der Waals surface area contributed by atoms with Crippen molar-refractivity contribution in [1.29, 1.82) is 0 Å². The smallest absolute Gasteiger partial charge is 0.276 e. The molecule has 0 spiro atoms. The van der Waals surface area contributed by atoms with Gasteiger partial charge < -0.3 is 14.3 Å². The Morgan fingerprint density at radius 3 is 2.72 bits per heavy atom. The minimum Gasteiger partial charge on any atom is -0.361 e. The van der Waals surface area contributed by atoms with E-state index in [1.165, 1.54) is 11.1 Å². The van der Waals surface area contributed by atoms with E-state index in [4.69, 9.17) is 4.52 Å². The number of likely N-dealkylation sites (tertiary alicyclic amines) is 1. The van der Waals surface area contributed by atoms with E-state index >= 15 is 0 Å². The van der Waals surface area contributed by atoms with Crippen LogP contribution in [0.4, 0.5) is 5.82 Å². The fourth-order valence-corrected chi connectivity index (χ4v) is 4.83. The molecule has 5 rings (SSSR count). The third-order valence-corrected chi connectivity index (χ3v) is 6.15. The van der Waals surface area contributed by atoms with Gasteiger partial charge in [0.25, 0.3) is 5.91 Å². The summed E-state index contributed by atoms with van der Waals surface area (Å²) >= 11 is 0. The lowest BCUT2D eigenvalue weighted by Gasteiger charge is -2.30. The van der Waals surface area contributed by atoms with Gasteiger partial charge in [0, 0.05) is 49.9 Å². The van der Waals surface area contributed by atoms with Crippen LogP contribution in [-0.2, 0) is 0 Å². The number of nitrogens with zero attached hydrogens (tertiary/aromatic N) is 5. The summed E-state index contributed by atoms with van der Waals surface area (Å²) in [5, 5.41) is 3.97. The molecule has 0 unspecified atom stereocenters. The van der Waals surface area contributed by atoms with Crippen LogP contribution in [0.1, 0.15) is 33.4 Å². The van der Waals surface area contributed by atoms with Crippen LogP contribution in [0.5, 0.6) is 0 Å². The monoisotopic (exact) mass is 389 g/mol. The second-order valence-corrected chi connectivity index (χ2v) is 7.97. The molecule has 7 nitrogen and oxygen atoms in total. The maximum atomic E-state index is 13.3. The molecule has 3 atom stereocenters. The van der Waals surface area contributed by atoms with Crippen molar-refractivity contribution in [1.82, 2.24) is 20.0 Å². The molecular formula is C22H23N5O2. The van der Waals surface area contributed by atoms with Gasteiger partial charge in [0.2, 0.25) is 0 Å². The van der Waals surface area contributed by atoms with Gasteiger partial charge in [-0.2, -0.15) is 0 Å². The van der Waals surface area contributed by atoms with Gasteiger partial charge in [-0.05, 0) is 25.0 Å². The summed E-state index contributed by atoms with van der Waals surface area (Å²) in [6, 6.07) is 10.1. The zero-order chi connectivity index (χ0) is 20.0. The lowest BCUT2D eigenvalue weighted by atomic mass is 9.87. The highest BCUT2D eigenvalue weighted by atomic mass is 16.5. The van der Waals surface area contributed by atoms with Crippen LogP contribution in [-0.4, -0.2) is 45.6 Å². The maximum absolute atomic E-state index is 13.3. The molecule has 1 amide bonds. The first-order valence-electron chi connectivity index (χ1n) is 9.92. The molecular weight excluding hydrogens is 366 g/mol. The van der Waals surface area contributed by atoms with Gasteiger partial charge in [0.15, 0.2) is 5.69 Å². The van der Waals surface area contributed by atoms with Crippen molar-refractivity contribution in [2.45, 2.75) is 19.9 Å². The summed E-state index contributed by atoms with van der Waals surface area (Å²) in [6.45, 7) is 6.34. The van der Waals surface area contributed by atoms with Crippen molar-refractivity contribution in [3.63, 3.8) is 0 Å². The zero-order valence-corrected chi connectivity index (χ0v) is 16.5. The fourth-order valence-electron chi connectivity index (χ4n) is 4.83. The second kappa shape index (κ2) is 6.99. The molecule has 7 heteroatoms. The van der Waals surface area contributed by atoms with Crippen LogP contribution in [0.3, 0.4) is 0 Å². The van der Waals surface area contributed by atoms with E-state index in [0.717, 1.165) is 18.9 Å². The van der Waals surface area contributed by atoms with Crippen molar-refractivity contribution in [2.75, 3.05) is 24.5 Å². The van der Waals surface area contributed by atoms with Gasteiger partial charge in [-0.15, -0.1) is 0 Å². The maximum Gasteiger partial charge on any atom is 0.276 e. The van der Waals surface area contributed by atoms with Crippen LogP contribution in [0, 0.1) is 25.7 Å². The van der Waals surface area contributed by atoms with Crippen LogP contribution in [0.15, 0.2) is 53.4 Å². The molecule has 2 aromatic heterocycles. The molecule has 0 bridgehead atoms. The number of fused-ring (bicyclic) bond motifs is 1. The van der Waals surface area contributed by atoms with Crippen molar-refractivity contribution in [2.24, 2.45) is 11.8 Å². The minimum atomic E-state index is -0.0597. The number of carbonyl (C=O) groups is 1. The molecule has 2 aliphatic rings. The Hall–Kier alpha value is -3.22. The first-order valence-corrected chi connectivity index (χ1v) is 9.92. The predicted molar refractivity (Wildman–Crippen MR) is 107 cm³/mol. The SMILES string of the molecule is Cc1cc(C(=O)N2C[C@@H]3CN(c4cnccn4)C[C@@H]3[C@H]2c2ccccc2C)no1. The van der Waals surface area contributed by atoms with Gasteiger partial charge in [0.05, 0.1) is 12.2 Å². The van der Waals surface area contributed by atoms with E-state index in [9.17, 15) is 4.79 Å². The number of hydrogen-bond donors (Lipinski definition) is 0. The Morgan fingerprint density at radius 2 is 2.00 bits per heavy atom. The van der Waals surface area contributed by atoms with Crippen molar-refractivity contribution in [3.8, 4) is 0 Å². The highest BCUT2D eigenvalue weighted by molar-refractivity contribution is 5.93. The number of benzene rings is 1. The Kier molecular flexibility index (Phi) is 4.30. The summed E-state index contributed by atoms with van der Waals surface area (Å²) in [6.07, 6.45) is 5.23. The van der Waals surface area contributed by atoms with E-state index in [0.29, 0.717) is 29.8 Å². The lowest BCUT2D eigenvalue weighted by molar-refractivity contribution is 0.0704. The number of aromatic nitrogens is 3. The summed E-state index contributed by atoms with van der Waals surface area (Å²) in [7, 11) is 0. The summed E-state index contributed by atoms with van der Waals surface area (Å²) in [5.74, 6) is 2.19. The Bertz CT molecular complexity index is 1030. The summed E-state index contributed by atoms with van der Waals surface area (Å²) in [5.41, 5.74) is 2.78. The molecule has 0 saturated carbocycles. The van der Waals surface area contributed by atoms with Crippen LogP contribution in [0.2, 0.25) is 0 Å². The molecule has 29 heavy (non-hydrogen) atoms. The van der Waals surface area contributed by atoms with Crippen LogP contribution in [0.25, 0.3) is 0 Å². The van der Waals surface area contributed by atoms with Gasteiger partial charge in [-0.3, -0.25) is 9.78 Å². The molecule has 0 aliphatic carbocycles. The average molecular weight is 389 g/mol. The van der Waals surface area contributed by atoms with Crippen molar-refractivity contribution >= 4 is 11.7 Å². The first kappa shape index (κ1) is 17.8. The van der Waals surface area contributed by atoms with Crippen LogP contribution >= 0.6 is 0 Å². The highest BCUT2D eigenvalue weighted by Crippen LogP contribution is 2.46.